The Hall–Kier alpha value is -3.66. The van der Waals surface area contributed by atoms with Gasteiger partial charge in [0.05, 0.1) is 11.3 Å². The summed E-state index contributed by atoms with van der Waals surface area (Å²) < 4.78 is 42.0. The Kier molecular flexibility index (Phi) is 6.45. The van der Waals surface area contributed by atoms with E-state index in [1.54, 1.807) is 30.3 Å². The lowest BCUT2D eigenvalue weighted by Gasteiger charge is -2.25. The lowest BCUT2D eigenvalue weighted by molar-refractivity contribution is -0.137. The van der Waals surface area contributed by atoms with Gasteiger partial charge in [0.25, 0.3) is 5.56 Å². The summed E-state index contributed by atoms with van der Waals surface area (Å²) in [4.78, 5) is 13.1. The van der Waals surface area contributed by atoms with Crippen molar-refractivity contribution < 1.29 is 13.2 Å². The number of nitrogens with zero attached hydrogens (tertiary/aromatic N) is 3. The Balaban J connectivity index is 1.89. The number of hydrogen-bond donors (Lipinski definition) is 0. The zero-order valence-corrected chi connectivity index (χ0v) is 17.8. The van der Waals surface area contributed by atoms with Crippen LogP contribution >= 0.6 is 0 Å². The maximum Gasteiger partial charge on any atom is 0.417 e. The number of halogens is 3. The standard InChI is InChI=1S/C26H22F3N3O/c27-26(28,29)22-16-24(19-11-5-2-6-12-19)32(25(33)21(22)17-30)31-23-14-8-7-13-20(23)15-18-9-3-1-4-10-18/h1-6,9-12,16,20H,7-8,13-15H2/b31-23+. The summed E-state index contributed by atoms with van der Waals surface area (Å²) >= 11 is 0. The number of aromatic nitrogens is 1. The number of pyridine rings is 1. The normalized spacial score (nSPS) is 17.6. The Labute approximate surface area is 189 Å². The second kappa shape index (κ2) is 9.45. The van der Waals surface area contributed by atoms with E-state index in [0.29, 0.717) is 12.0 Å². The van der Waals surface area contributed by atoms with E-state index in [1.807, 2.05) is 30.3 Å². The summed E-state index contributed by atoms with van der Waals surface area (Å²) in [5, 5.41) is 14.0. The first kappa shape index (κ1) is 22.5. The highest BCUT2D eigenvalue weighted by atomic mass is 19.4. The summed E-state index contributed by atoms with van der Waals surface area (Å²) in [6.07, 6.45) is -0.643. The monoisotopic (exact) mass is 449 g/mol. The molecule has 1 unspecified atom stereocenters. The molecule has 1 aromatic heterocycles. The zero-order valence-electron chi connectivity index (χ0n) is 17.8. The molecule has 1 saturated carbocycles. The molecule has 1 fully saturated rings. The molecular weight excluding hydrogens is 427 g/mol. The van der Waals surface area contributed by atoms with Gasteiger partial charge in [-0.05, 0) is 37.3 Å². The molecule has 33 heavy (non-hydrogen) atoms. The zero-order chi connectivity index (χ0) is 23.4. The quantitative estimate of drug-likeness (QED) is 0.487. The summed E-state index contributed by atoms with van der Waals surface area (Å²) in [6.45, 7) is 0. The third kappa shape index (κ3) is 4.90. The van der Waals surface area contributed by atoms with Gasteiger partial charge in [-0.3, -0.25) is 4.79 Å². The van der Waals surface area contributed by atoms with Crippen molar-refractivity contribution in [3.8, 4) is 17.3 Å². The van der Waals surface area contributed by atoms with E-state index in [1.165, 1.54) is 6.07 Å². The first-order valence-corrected chi connectivity index (χ1v) is 10.8. The van der Waals surface area contributed by atoms with E-state index in [-0.39, 0.29) is 11.6 Å². The van der Waals surface area contributed by atoms with Crippen LogP contribution in [-0.2, 0) is 12.6 Å². The minimum atomic E-state index is -4.83. The number of hydrogen-bond acceptors (Lipinski definition) is 3. The first-order valence-electron chi connectivity index (χ1n) is 10.8. The van der Waals surface area contributed by atoms with Gasteiger partial charge in [-0.15, -0.1) is 0 Å². The van der Waals surface area contributed by atoms with Crippen LogP contribution in [0.15, 0.2) is 76.6 Å². The Morgan fingerprint density at radius 2 is 1.70 bits per heavy atom. The maximum absolute atomic E-state index is 13.7. The van der Waals surface area contributed by atoms with Crippen molar-refractivity contribution in [2.24, 2.45) is 11.0 Å². The summed E-state index contributed by atoms with van der Waals surface area (Å²) in [5.41, 5.74) is -0.891. The molecule has 4 rings (SSSR count). The fraction of sp³-hybridized carbons (Fsp3) is 0.269. The van der Waals surface area contributed by atoms with E-state index in [4.69, 9.17) is 0 Å². The minimum absolute atomic E-state index is 0.0171. The van der Waals surface area contributed by atoms with Gasteiger partial charge < -0.3 is 0 Å². The Morgan fingerprint density at radius 3 is 2.33 bits per heavy atom. The highest BCUT2D eigenvalue weighted by Gasteiger charge is 2.37. The van der Waals surface area contributed by atoms with Crippen LogP contribution in [-0.4, -0.2) is 10.4 Å². The molecule has 168 valence electrons. The highest BCUT2D eigenvalue weighted by Crippen LogP contribution is 2.34. The van der Waals surface area contributed by atoms with Crippen LogP contribution in [0.3, 0.4) is 0 Å². The SMILES string of the molecule is N#Cc1c(C(F)(F)F)cc(-c2ccccc2)n(/N=C2\CCCCC2Cc2ccccc2)c1=O. The van der Waals surface area contributed by atoms with E-state index in [2.05, 4.69) is 5.10 Å². The maximum atomic E-state index is 13.7. The summed E-state index contributed by atoms with van der Waals surface area (Å²) in [5.74, 6) is 0.0736. The van der Waals surface area contributed by atoms with Crippen LogP contribution < -0.4 is 5.56 Å². The number of rotatable bonds is 4. The van der Waals surface area contributed by atoms with Gasteiger partial charge in [0, 0.05) is 17.2 Å². The van der Waals surface area contributed by atoms with Gasteiger partial charge in [-0.25, -0.2) is 0 Å². The molecule has 2 aromatic carbocycles. The van der Waals surface area contributed by atoms with Gasteiger partial charge in [-0.2, -0.15) is 28.2 Å². The van der Waals surface area contributed by atoms with Crippen molar-refractivity contribution in [3.05, 3.63) is 93.8 Å². The Bertz CT molecular complexity index is 1260. The second-order valence-corrected chi connectivity index (χ2v) is 8.13. The van der Waals surface area contributed by atoms with E-state index in [0.717, 1.165) is 47.7 Å². The third-order valence-electron chi connectivity index (χ3n) is 5.93. The second-order valence-electron chi connectivity index (χ2n) is 8.13. The van der Waals surface area contributed by atoms with Gasteiger partial charge in [0.15, 0.2) is 0 Å². The van der Waals surface area contributed by atoms with Crippen molar-refractivity contribution in [2.45, 2.75) is 38.3 Å². The Morgan fingerprint density at radius 1 is 1.03 bits per heavy atom. The highest BCUT2D eigenvalue weighted by molar-refractivity contribution is 5.87. The molecule has 3 aromatic rings. The molecule has 1 heterocycles. The number of alkyl halides is 3. The minimum Gasteiger partial charge on any atom is -0.266 e. The van der Waals surface area contributed by atoms with Gasteiger partial charge >= 0.3 is 6.18 Å². The molecule has 4 nitrogen and oxygen atoms in total. The average Bonchev–Trinajstić information content (AvgIpc) is 2.82. The van der Waals surface area contributed by atoms with Crippen molar-refractivity contribution in [1.82, 2.24) is 4.68 Å². The molecule has 0 amide bonds. The molecule has 0 spiro atoms. The topological polar surface area (TPSA) is 58.1 Å². The molecule has 0 radical (unpaired) electrons. The molecule has 0 N–H and O–H groups in total. The predicted molar refractivity (Wildman–Crippen MR) is 121 cm³/mol. The average molecular weight is 449 g/mol. The van der Waals surface area contributed by atoms with Crippen LogP contribution in [0, 0.1) is 17.2 Å². The lowest BCUT2D eigenvalue weighted by Crippen LogP contribution is -2.29. The molecule has 1 aliphatic rings. The molecule has 0 bridgehead atoms. The smallest absolute Gasteiger partial charge is 0.266 e. The molecular formula is C26H22F3N3O. The van der Waals surface area contributed by atoms with Crippen LogP contribution in [0.5, 0.6) is 0 Å². The van der Waals surface area contributed by atoms with Crippen molar-refractivity contribution in [3.63, 3.8) is 0 Å². The molecule has 1 aliphatic carbocycles. The van der Waals surface area contributed by atoms with Crippen LogP contribution in [0.25, 0.3) is 11.3 Å². The number of benzene rings is 2. The van der Waals surface area contributed by atoms with Crippen LogP contribution in [0.1, 0.15) is 42.4 Å². The fourth-order valence-corrected chi connectivity index (χ4v) is 4.29. The van der Waals surface area contributed by atoms with Crippen molar-refractivity contribution >= 4 is 5.71 Å². The molecule has 7 heteroatoms. The van der Waals surface area contributed by atoms with Gasteiger partial charge in [-0.1, -0.05) is 67.1 Å². The van der Waals surface area contributed by atoms with Gasteiger partial charge in [0.1, 0.15) is 11.6 Å². The molecule has 1 atom stereocenters. The van der Waals surface area contributed by atoms with Crippen molar-refractivity contribution in [2.75, 3.05) is 0 Å². The van der Waals surface area contributed by atoms with Gasteiger partial charge in [0.2, 0.25) is 0 Å². The molecule has 0 saturated heterocycles. The van der Waals surface area contributed by atoms with Crippen LogP contribution in [0.4, 0.5) is 13.2 Å². The van der Waals surface area contributed by atoms with Crippen LogP contribution in [0.2, 0.25) is 0 Å². The lowest BCUT2D eigenvalue weighted by atomic mass is 9.83. The molecule has 0 aliphatic heterocycles. The van der Waals surface area contributed by atoms with E-state index >= 15 is 0 Å². The van der Waals surface area contributed by atoms with Crippen molar-refractivity contribution in [1.29, 1.82) is 5.26 Å². The third-order valence-corrected chi connectivity index (χ3v) is 5.93. The fourth-order valence-electron chi connectivity index (χ4n) is 4.29. The largest absolute Gasteiger partial charge is 0.417 e. The van der Waals surface area contributed by atoms with E-state index in [9.17, 15) is 23.2 Å². The first-order chi connectivity index (χ1) is 15.9. The summed E-state index contributed by atoms with van der Waals surface area (Å²) in [6, 6.07) is 20.6. The predicted octanol–water partition coefficient (Wildman–Crippen LogP) is 6.04. The number of nitriles is 1. The van der Waals surface area contributed by atoms with E-state index < -0.39 is 22.9 Å². The summed E-state index contributed by atoms with van der Waals surface area (Å²) in [7, 11) is 0.